The van der Waals surface area contributed by atoms with Crippen molar-refractivity contribution in [3.05, 3.63) is 0 Å². The Morgan fingerprint density at radius 2 is 1.72 bits per heavy atom. The van der Waals surface area contributed by atoms with Crippen LogP contribution in [0.25, 0.3) is 0 Å². The molecule has 1 aliphatic heterocycles. The molecule has 1 saturated heterocycles. The monoisotopic (exact) mass is 254 g/mol. The van der Waals surface area contributed by atoms with E-state index in [-0.39, 0.29) is 0 Å². The van der Waals surface area contributed by atoms with Gasteiger partial charge in [-0.25, -0.2) is 0 Å². The van der Waals surface area contributed by atoms with Crippen LogP contribution in [0.15, 0.2) is 0 Å². The van der Waals surface area contributed by atoms with E-state index < -0.39 is 0 Å². The fourth-order valence-electron chi connectivity index (χ4n) is 3.29. The van der Waals surface area contributed by atoms with Gasteiger partial charge in [0.15, 0.2) is 0 Å². The number of rotatable bonds is 5. The molecule has 3 heteroatoms. The minimum atomic E-state index is 0.465. The SMILES string of the molecule is CC1(CNCC2CCC(CN)CC2)CCOCC1. The fraction of sp³-hybridized carbons (Fsp3) is 1.00. The molecule has 18 heavy (non-hydrogen) atoms. The highest BCUT2D eigenvalue weighted by Gasteiger charge is 2.27. The predicted octanol–water partition coefficient (Wildman–Crippen LogP) is 2.16. The van der Waals surface area contributed by atoms with E-state index in [1.165, 1.54) is 45.1 Å². The molecular formula is C15H30N2O. The summed E-state index contributed by atoms with van der Waals surface area (Å²) in [5.74, 6) is 1.69. The molecule has 0 unspecified atom stereocenters. The molecule has 0 aromatic carbocycles. The van der Waals surface area contributed by atoms with Gasteiger partial charge in [-0.1, -0.05) is 6.92 Å². The number of nitrogens with one attached hydrogen (secondary N) is 1. The average molecular weight is 254 g/mol. The third kappa shape index (κ3) is 4.22. The molecule has 0 aromatic rings. The molecule has 0 spiro atoms. The quantitative estimate of drug-likeness (QED) is 0.790. The molecule has 1 heterocycles. The van der Waals surface area contributed by atoms with Crippen LogP contribution in [-0.4, -0.2) is 32.8 Å². The Morgan fingerprint density at radius 1 is 1.11 bits per heavy atom. The summed E-state index contributed by atoms with van der Waals surface area (Å²) in [7, 11) is 0. The summed E-state index contributed by atoms with van der Waals surface area (Å²) in [4.78, 5) is 0. The minimum Gasteiger partial charge on any atom is -0.381 e. The fourth-order valence-corrected chi connectivity index (χ4v) is 3.29. The van der Waals surface area contributed by atoms with Crippen LogP contribution in [0.2, 0.25) is 0 Å². The van der Waals surface area contributed by atoms with Crippen molar-refractivity contribution in [1.82, 2.24) is 5.32 Å². The second-order valence-corrected chi connectivity index (χ2v) is 6.68. The zero-order valence-electron chi connectivity index (χ0n) is 11.9. The van der Waals surface area contributed by atoms with Gasteiger partial charge in [0.1, 0.15) is 0 Å². The molecule has 3 nitrogen and oxygen atoms in total. The number of hydrogen-bond donors (Lipinski definition) is 2. The summed E-state index contributed by atoms with van der Waals surface area (Å²) >= 11 is 0. The standard InChI is InChI=1S/C15H30N2O/c1-15(6-8-18-9-7-15)12-17-11-14-4-2-13(10-16)3-5-14/h13-14,17H,2-12,16H2,1H3. The van der Waals surface area contributed by atoms with Crippen LogP contribution in [0.3, 0.4) is 0 Å². The molecule has 2 aliphatic rings. The molecule has 0 bridgehead atoms. The van der Waals surface area contributed by atoms with Crippen LogP contribution in [-0.2, 0) is 4.74 Å². The van der Waals surface area contributed by atoms with E-state index in [0.717, 1.165) is 38.1 Å². The van der Waals surface area contributed by atoms with Crippen molar-refractivity contribution >= 4 is 0 Å². The molecular weight excluding hydrogens is 224 g/mol. The normalized spacial score (nSPS) is 32.3. The molecule has 2 rings (SSSR count). The molecule has 0 aromatic heterocycles. The summed E-state index contributed by atoms with van der Waals surface area (Å²) in [5.41, 5.74) is 6.20. The molecule has 1 saturated carbocycles. The summed E-state index contributed by atoms with van der Waals surface area (Å²) < 4.78 is 5.45. The van der Waals surface area contributed by atoms with Crippen molar-refractivity contribution in [3.63, 3.8) is 0 Å². The number of nitrogens with two attached hydrogens (primary N) is 1. The van der Waals surface area contributed by atoms with E-state index in [1.54, 1.807) is 0 Å². The number of hydrogen-bond acceptors (Lipinski definition) is 3. The van der Waals surface area contributed by atoms with Crippen LogP contribution in [0.5, 0.6) is 0 Å². The lowest BCUT2D eigenvalue weighted by Gasteiger charge is -2.35. The van der Waals surface area contributed by atoms with Gasteiger partial charge in [0.2, 0.25) is 0 Å². The highest BCUT2D eigenvalue weighted by Crippen LogP contribution is 2.30. The largest absolute Gasteiger partial charge is 0.381 e. The highest BCUT2D eigenvalue weighted by atomic mass is 16.5. The van der Waals surface area contributed by atoms with Gasteiger partial charge in [-0.15, -0.1) is 0 Å². The van der Waals surface area contributed by atoms with E-state index in [2.05, 4.69) is 12.2 Å². The lowest BCUT2D eigenvalue weighted by molar-refractivity contribution is 0.0235. The smallest absolute Gasteiger partial charge is 0.0471 e. The van der Waals surface area contributed by atoms with Gasteiger partial charge in [-0.3, -0.25) is 0 Å². The van der Waals surface area contributed by atoms with Crippen molar-refractivity contribution in [2.75, 3.05) is 32.8 Å². The Bertz CT molecular complexity index is 231. The lowest BCUT2D eigenvalue weighted by atomic mass is 9.80. The van der Waals surface area contributed by atoms with Gasteiger partial charge in [-0.05, 0) is 68.9 Å². The Kier molecular flexibility index (Phi) is 5.46. The van der Waals surface area contributed by atoms with Crippen LogP contribution >= 0.6 is 0 Å². The zero-order chi connectivity index (χ0) is 12.8. The molecule has 106 valence electrons. The first-order valence-corrected chi connectivity index (χ1v) is 7.70. The van der Waals surface area contributed by atoms with Crippen molar-refractivity contribution < 1.29 is 4.74 Å². The summed E-state index contributed by atoms with van der Waals surface area (Å²) in [6.07, 6.45) is 7.84. The molecule has 0 amide bonds. The van der Waals surface area contributed by atoms with Gasteiger partial charge in [0, 0.05) is 19.8 Å². The second-order valence-electron chi connectivity index (χ2n) is 6.68. The van der Waals surface area contributed by atoms with Crippen LogP contribution < -0.4 is 11.1 Å². The van der Waals surface area contributed by atoms with E-state index in [1.807, 2.05) is 0 Å². The van der Waals surface area contributed by atoms with E-state index in [9.17, 15) is 0 Å². The predicted molar refractivity (Wildman–Crippen MR) is 75.5 cm³/mol. The van der Waals surface area contributed by atoms with Crippen LogP contribution in [0.1, 0.15) is 45.4 Å². The minimum absolute atomic E-state index is 0.465. The topological polar surface area (TPSA) is 47.3 Å². The molecule has 2 fully saturated rings. The van der Waals surface area contributed by atoms with E-state index in [0.29, 0.717) is 5.41 Å². The van der Waals surface area contributed by atoms with Crippen LogP contribution in [0.4, 0.5) is 0 Å². The average Bonchev–Trinajstić information content (AvgIpc) is 2.40. The van der Waals surface area contributed by atoms with Crippen molar-refractivity contribution in [2.24, 2.45) is 23.0 Å². The maximum absolute atomic E-state index is 5.74. The summed E-state index contributed by atoms with van der Waals surface area (Å²) in [6.45, 7) is 7.53. The Hall–Kier alpha value is -0.120. The maximum Gasteiger partial charge on any atom is 0.0471 e. The van der Waals surface area contributed by atoms with E-state index in [4.69, 9.17) is 10.5 Å². The van der Waals surface area contributed by atoms with E-state index >= 15 is 0 Å². The van der Waals surface area contributed by atoms with Crippen molar-refractivity contribution in [2.45, 2.75) is 45.4 Å². The Morgan fingerprint density at radius 3 is 2.33 bits per heavy atom. The molecule has 3 N–H and O–H groups in total. The summed E-state index contributed by atoms with van der Waals surface area (Å²) in [6, 6.07) is 0. The van der Waals surface area contributed by atoms with Gasteiger partial charge < -0.3 is 15.8 Å². The van der Waals surface area contributed by atoms with Gasteiger partial charge in [0.05, 0.1) is 0 Å². The maximum atomic E-state index is 5.74. The second kappa shape index (κ2) is 6.88. The lowest BCUT2D eigenvalue weighted by Crippen LogP contribution is -2.39. The molecule has 0 atom stereocenters. The third-order valence-electron chi connectivity index (χ3n) is 4.98. The highest BCUT2D eigenvalue weighted by molar-refractivity contribution is 4.81. The molecule has 0 radical (unpaired) electrons. The van der Waals surface area contributed by atoms with Crippen molar-refractivity contribution in [3.8, 4) is 0 Å². The zero-order valence-corrected chi connectivity index (χ0v) is 11.9. The van der Waals surface area contributed by atoms with Crippen LogP contribution in [0, 0.1) is 17.3 Å². The number of ether oxygens (including phenoxy) is 1. The van der Waals surface area contributed by atoms with Gasteiger partial charge >= 0.3 is 0 Å². The molecule has 1 aliphatic carbocycles. The first-order chi connectivity index (χ1) is 8.72. The van der Waals surface area contributed by atoms with Crippen molar-refractivity contribution in [1.29, 1.82) is 0 Å². The van der Waals surface area contributed by atoms with Gasteiger partial charge in [0.25, 0.3) is 0 Å². The third-order valence-corrected chi connectivity index (χ3v) is 4.98. The first-order valence-electron chi connectivity index (χ1n) is 7.70. The Balaban J connectivity index is 1.60. The first kappa shape index (κ1) is 14.3. The summed E-state index contributed by atoms with van der Waals surface area (Å²) in [5, 5.41) is 3.71. The Labute approximate surface area is 112 Å². The van der Waals surface area contributed by atoms with Gasteiger partial charge in [-0.2, -0.15) is 0 Å².